The molecule has 1 aromatic carbocycles. The van der Waals surface area contributed by atoms with Crippen LogP contribution in [-0.4, -0.2) is 29.0 Å². The van der Waals surface area contributed by atoms with Crippen LogP contribution in [0.15, 0.2) is 48.7 Å². The smallest absolute Gasteiger partial charge is 0.180 e. The molecule has 1 aliphatic rings. The van der Waals surface area contributed by atoms with Crippen molar-refractivity contribution in [3.63, 3.8) is 0 Å². The Hall–Kier alpha value is -2.17. The van der Waals surface area contributed by atoms with Crippen LogP contribution in [0.25, 0.3) is 11.0 Å². The summed E-state index contributed by atoms with van der Waals surface area (Å²) >= 11 is 5.95. The summed E-state index contributed by atoms with van der Waals surface area (Å²) in [7, 11) is 0. The van der Waals surface area contributed by atoms with Gasteiger partial charge in [0, 0.05) is 23.4 Å². The molecule has 5 heteroatoms. The summed E-state index contributed by atoms with van der Waals surface area (Å²) in [6.45, 7) is 1.15. The van der Waals surface area contributed by atoms with Crippen molar-refractivity contribution in [3.05, 3.63) is 64.9 Å². The first kappa shape index (κ1) is 14.4. The molecule has 0 bridgehead atoms. The van der Waals surface area contributed by atoms with E-state index in [1.165, 1.54) is 0 Å². The molecule has 1 aliphatic heterocycles. The minimum Gasteiger partial charge on any atom is -0.379 e. The van der Waals surface area contributed by atoms with Crippen LogP contribution in [0.2, 0.25) is 5.02 Å². The van der Waals surface area contributed by atoms with E-state index in [-0.39, 0.29) is 11.2 Å². The van der Waals surface area contributed by atoms with Crippen molar-refractivity contribution in [1.29, 1.82) is 0 Å². The number of benzene rings is 1. The van der Waals surface area contributed by atoms with Crippen LogP contribution >= 0.6 is 11.6 Å². The SMILES string of the molecule is O=C(CC1(c2ccccc2)COC1)c1cc2cc(Cl)cnc2[nH]1. The molecule has 1 N–H and O–H groups in total. The maximum absolute atomic E-state index is 12.7. The lowest BCUT2D eigenvalue weighted by Gasteiger charge is -2.41. The molecule has 2 aromatic heterocycles. The highest BCUT2D eigenvalue weighted by Crippen LogP contribution is 2.36. The van der Waals surface area contributed by atoms with Gasteiger partial charge in [-0.1, -0.05) is 41.9 Å². The minimum atomic E-state index is -0.222. The van der Waals surface area contributed by atoms with Crippen molar-refractivity contribution in [2.75, 3.05) is 13.2 Å². The lowest BCUT2D eigenvalue weighted by Crippen LogP contribution is -2.48. The van der Waals surface area contributed by atoms with Crippen LogP contribution in [0.1, 0.15) is 22.5 Å². The number of aromatic nitrogens is 2. The number of hydrogen-bond acceptors (Lipinski definition) is 3. The maximum atomic E-state index is 12.7. The Morgan fingerprint density at radius 3 is 2.74 bits per heavy atom. The highest BCUT2D eigenvalue weighted by molar-refractivity contribution is 6.31. The van der Waals surface area contributed by atoms with Crippen LogP contribution in [0.3, 0.4) is 0 Å². The van der Waals surface area contributed by atoms with Crippen LogP contribution in [0.5, 0.6) is 0 Å². The fourth-order valence-electron chi connectivity index (χ4n) is 3.05. The summed E-state index contributed by atoms with van der Waals surface area (Å²) in [5, 5.41) is 1.41. The second-order valence-corrected chi connectivity index (χ2v) is 6.45. The number of halogens is 1. The van der Waals surface area contributed by atoms with E-state index in [9.17, 15) is 4.79 Å². The van der Waals surface area contributed by atoms with Gasteiger partial charge in [-0.2, -0.15) is 0 Å². The van der Waals surface area contributed by atoms with Crippen molar-refractivity contribution in [2.24, 2.45) is 0 Å². The summed E-state index contributed by atoms with van der Waals surface area (Å²) in [6, 6.07) is 13.7. The van der Waals surface area contributed by atoms with E-state index < -0.39 is 0 Å². The van der Waals surface area contributed by atoms with E-state index in [0.717, 1.165) is 10.9 Å². The third-order valence-corrected chi connectivity index (χ3v) is 4.59. The van der Waals surface area contributed by atoms with Gasteiger partial charge in [-0.25, -0.2) is 4.98 Å². The number of rotatable bonds is 4. The Labute approximate surface area is 138 Å². The molecule has 0 radical (unpaired) electrons. The number of pyridine rings is 1. The number of nitrogens with one attached hydrogen (secondary N) is 1. The minimum absolute atomic E-state index is 0.0614. The molecule has 0 unspecified atom stereocenters. The van der Waals surface area contributed by atoms with Gasteiger partial charge in [0.1, 0.15) is 5.65 Å². The van der Waals surface area contributed by atoms with Crippen molar-refractivity contribution >= 4 is 28.4 Å². The molecule has 23 heavy (non-hydrogen) atoms. The predicted octanol–water partition coefficient (Wildman–Crippen LogP) is 3.76. The summed E-state index contributed by atoms with van der Waals surface area (Å²) in [5.41, 5.74) is 2.17. The van der Waals surface area contributed by atoms with Crippen LogP contribution < -0.4 is 0 Å². The number of ether oxygens (including phenoxy) is 1. The van der Waals surface area contributed by atoms with Gasteiger partial charge in [0.2, 0.25) is 0 Å². The number of fused-ring (bicyclic) bond motifs is 1. The van der Waals surface area contributed by atoms with Crippen molar-refractivity contribution < 1.29 is 9.53 Å². The van der Waals surface area contributed by atoms with Crippen molar-refractivity contribution in [2.45, 2.75) is 11.8 Å². The van der Waals surface area contributed by atoms with E-state index >= 15 is 0 Å². The highest BCUT2D eigenvalue weighted by Gasteiger charge is 2.42. The second kappa shape index (κ2) is 5.48. The topological polar surface area (TPSA) is 55.0 Å². The summed E-state index contributed by atoms with van der Waals surface area (Å²) in [4.78, 5) is 20.0. The number of Topliss-reactive ketones (excluding diaryl/α,β-unsaturated/α-hetero) is 1. The average Bonchev–Trinajstić information content (AvgIpc) is 2.94. The molecule has 4 rings (SSSR count). The second-order valence-electron chi connectivity index (χ2n) is 6.01. The summed E-state index contributed by atoms with van der Waals surface area (Å²) in [5.74, 6) is 0.0614. The fourth-order valence-corrected chi connectivity index (χ4v) is 3.22. The molecule has 3 heterocycles. The van der Waals surface area contributed by atoms with Gasteiger partial charge in [-0.3, -0.25) is 4.79 Å². The molecule has 3 aromatic rings. The number of hydrogen-bond donors (Lipinski definition) is 1. The number of aromatic amines is 1. The monoisotopic (exact) mass is 326 g/mol. The van der Waals surface area contributed by atoms with E-state index in [2.05, 4.69) is 22.1 Å². The number of H-pyrrole nitrogens is 1. The number of nitrogens with zero attached hydrogens (tertiary/aromatic N) is 1. The quantitative estimate of drug-likeness (QED) is 0.743. The Kier molecular flexibility index (Phi) is 3.43. The van der Waals surface area contributed by atoms with Gasteiger partial charge >= 0.3 is 0 Å². The molecule has 1 saturated heterocycles. The number of ketones is 1. The van der Waals surface area contributed by atoms with Crippen LogP contribution in [0.4, 0.5) is 0 Å². The first-order chi connectivity index (χ1) is 11.2. The first-order valence-corrected chi connectivity index (χ1v) is 7.85. The molecular weight excluding hydrogens is 312 g/mol. The van der Waals surface area contributed by atoms with Gasteiger partial charge in [0.25, 0.3) is 0 Å². The van der Waals surface area contributed by atoms with Crippen molar-refractivity contribution in [1.82, 2.24) is 9.97 Å². The number of carbonyl (C=O) groups excluding carboxylic acids is 1. The molecule has 0 spiro atoms. The fraction of sp³-hybridized carbons (Fsp3) is 0.222. The molecule has 1 fully saturated rings. The third kappa shape index (κ3) is 2.54. The van der Waals surface area contributed by atoms with E-state index in [4.69, 9.17) is 16.3 Å². The predicted molar refractivity (Wildman–Crippen MR) is 89.0 cm³/mol. The molecular formula is C18H15ClN2O2. The van der Waals surface area contributed by atoms with Crippen LogP contribution in [-0.2, 0) is 10.2 Å². The van der Waals surface area contributed by atoms with E-state index in [1.807, 2.05) is 24.3 Å². The van der Waals surface area contributed by atoms with Gasteiger partial charge in [-0.05, 0) is 17.7 Å². The Morgan fingerprint density at radius 2 is 2.04 bits per heavy atom. The number of carbonyl (C=O) groups is 1. The summed E-state index contributed by atoms with van der Waals surface area (Å²) in [6.07, 6.45) is 1.98. The van der Waals surface area contributed by atoms with Gasteiger partial charge in [0.15, 0.2) is 5.78 Å². The highest BCUT2D eigenvalue weighted by atomic mass is 35.5. The lowest BCUT2D eigenvalue weighted by molar-refractivity contribution is -0.0601. The Balaban J connectivity index is 1.63. The molecule has 4 nitrogen and oxygen atoms in total. The van der Waals surface area contributed by atoms with Gasteiger partial charge in [-0.15, -0.1) is 0 Å². The summed E-state index contributed by atoms with van der Waals surface area (Å²) < 4.78 is 5.41. The standard InChI is InChI=1S/C18H15ClN2O2/c19-14-6-12-7-15(21-17(12)20-9-14)16(22)8-18(10-23-11-18)13-4-2-1-3-5-13/h1-7,9H,8,10-11H2,(H,20,21). The molecule has 116 valence electrons. The molecule has 0 saturated carbocycles. The Morgan fingerprint density at radius 1 is 1.26 bits per heavy atom. The van der Waals surface area contributed by atoms with E-state index in [0.29, 0.717) is 36.0 Å². The molecule has 0 aliphatic carbocycles. The third-order valence-electron chi connectivity index (χ3n) is 4.38. The molecule has 0 atom stereocenters. The first-order valence-electron chi connectivity index (χ1n) is 7.47. The lowest BCUT2D eigenvalue weighted by atomic mass is 9.74. The zero-order valence-electron chi connectivity index (χ0n) is 12.4. The Bertz CT molecular complexity index is 869. The molecule has 0 amide bonds. The normalized spacial score (nSPS) is 16.2. The zero-order valence-corrected chi connectivity index (χ0v) is 13.1. The van der Waals surface area contributed by atoms with Gasteiger partial charge < -0.3 is 9.72 Å². The largest absolute Gasteiger partial charge is 0.379 e. The van der Waals surface area contributed by atoms with E-state index in [1.54, 1.807) is 12.3 Å². The zero-order chi connectivity index (χ0) is 15.9. The van der Waals surface area contributed by atoms with Crippen LogP contribution in [0, 0.1) is 0 Å². The van der Waals surface area contributed by atoms with Crippen molar-refractivity contribution in [3.8, 4) is 0 Å². The average molecular weight is 327 g/mol. The van der Waals surface area contributed by atoms with Gasteiger partial charge in [0.05, 0.1) is 23.9 Å². The maximum Gasteiger partial charge on any atom is 0.180 e.